The van der Waals surface area contributed by atoms with E-state index in [9.17, 15) is 0 Å². The van der Waals surface area contributed by atoms with Crippen LogP contribution in [-0.2, 0) is 0 Å². The summed E-state index contributed by atoms with van der Waals surface area (Å²) >= 11 is 17.6. The molecule has 2 nitrogen and oxygen atoms in total. The summed E-state index contributed by atoms with van der Waals surface area (Å²) in [4.78, 5) is 0. The number of anilines is 1. The van der Waals surface area contributed by atoms with Crippen LogP contribution in [0.25, 0.3) is 0 Å². The molecule has 0 unspecified atom stereocenters. The van der Waals surface area contributed by atoms with Crippen LogP contribution in [0.5, 0.6) is 0 Å². The molecule has 18 heavy (non-hydrogen) atoms. The Labute approximate surface area is 123 Å². The molecule has 0 saturated heterocycles. The van der Waals surface area contributed by atoms with E-state index in [4.69, 9.17) is 35.4 Å². The Kier molecular flexibility index (Phi) is 4.71. The van der Waals surface area contributed by atoms with Crippen molar-refractivity contribution in [2.24, 2.45) is 0 Å². The fourth-order valence-corrected chi connectivity index (χ4v) is 2.91. The monoisotopic (exact) mass is 302 g/mol. The van der Waals surface area contributed by atoms with Gasteiger partial charge in [0.25, 0.3) is 0 Å². The van der Waals surface area contributed by atoms with Crippen molar-refractivity contribution in [3.05, 3.63) is 27.7 Å². The first-order chi connectivity index (χ1) is 8.58. The molecule has 1 saturated carbocycles. The van der Waals surface area contributed by atoms with Gasteiger partial charge in [0, 0.05) is 6.04 Å². The first-order valence-corrected chi connectivity index (χ1v) is 7.26. The maximum Gasteiger partial charge on any atom is 0.171 e. The van der Waals surface area contributed by atoms with Gasteiger partial charge in [-0.25, -0.2) is 0 Å². The van der Waals surface area contributed by atoms with Crippen LogP contribution in [0.3, 0.4) is 0 Å². The van der Waals surface area contributed by atoms with Crippen molar-refractivity contribution >= 4 is 46.2 Å². The summed E-state index contributed by atoms with van der Waals surface area (Å²) in [5.41, 5.74) is 1.67. The highest BCUT2D eigenvalue weighted by molar-refractivity contribution is 7.80. The van der Waals surface area contributed by atoms with Crippen molar-refractivity contribution in [1.82, 2.24) is 5.32 Å². The van der Waals surface area contributed by atoms with Crippen LogP contribution in [0.1, 0.15) is 31.2 Å². The molecule has 1 fully saturated rings. The van der Waals surface area contributed by atoms with Crippen molar-refractivity contribution in [1.29, 1.82) is 0 Å². The Morgan fingerprint density at radius 2 is 1.94 bits per heavy atom. The van der Waals surface area contributed by atoms with Gasteiger partial charge in [0.2, 0.25) is 0 Å². The fraction of sp³-hybridized carbons (Fsp3) is 0.462. The molecule has 0 aromatic heterocycles. The molecule has 0 atom stereocenters. The van der Waals surface area contributed by atoms with Crippen molar-refractivity contribution in [3.63, 3.8) is 0 Å². The number of rotatable bonds is 2. The topological polar surface area (TPSA) is 24.1 Å². The van der Waals surface area contributed by atoms with E-state index in [0.717, 1.165) is 5.56 Å². The van der Waals surface area contributed by atoms with Crippen LogP contribution in [0.4, 0.5) is 5.69 Å². The van der Waals surface area contributed by atoms with Gasteiger partial charge in [0.15, 0.2) is 5.11 Å². The quantitative estimate of drug-likeness (QED) is 0.785. The molecular formula is C13H16Cl2N2S. The predicted octanol–water partition coefficient (Wildman–Crippen LogP) is 4.53. The van der Waals surface area contributed by atoms with Crippen molar-refractivity contribution in [2.75, 3.05) is 5.32 Å². The zero-order valence-electron chi connectivity index (χ0n) is 10.2. The summed E-state index contributed by atoms with van der Waals surface area (Å²) < 4.78 is 0. The van der Waals surface area contributed by atoms with Gasteiger partial charge in [0.1, 0.15) is 0 Å². The highest BCUT2D eigenvalue weighted by Crippen LogP contribution is 2.32. The van der Waals surface area contributed by atoms with Crippen molar-refractivity contribution in [2.45, 2.75) is 38.6 Å². The number of benzene rings is 1. The lowest BCUT2D eigenvalue weighted by molar-refractivity contribution is 0.634. The number of hydrogen-bond acceptors (Lipinski definition) is 1. The van der Waals surface area contributed by atoms with E-state index in [0.29, 0.717) is 26.9 Å². The third-order valence-electron chi connectivity index (χ3n) is 3.21. The minimum absolute atomic E-state index is 0.479. The minimum Gasteiger partial charge on any atom is -0.360 e. The molecular weight excluding hydrogens is 287 g/mol. The van der Waals surface area contributed by atoms with Crippen LogP contribution in [0, 0.1) is 6.92 Å². The van der Waals surface area contributed by atoms with Gasteiger partial charge in [-0.15, -0.1) is 0 Å². The lowest BCUT2D eigenvalue weighted by Gasteiger charge is -2.17. The molecule has 1 aliphatic carbocycles. The summed E-state index contributed by atoms with van der Waals surface area (Å²) in [6.07, 6.45) is 4.90. The van der Waals surface area contributed by atoms with E-state index in [1.807, 2.05) is 19.1 Å². The maximum absolute atomic E-state index is 6.22. The third kappa shape index (κ3) is 3.28. The number of aryl methyl sites for hydroxylation is 1. The Hall–Kier alpha value is -0.510. The average molecular weight is 303 g/mol. The van der Waals surface area contributed by atoms with Crippen LogP contribution in [0.15, 0.2) is 12.1 Å². The SMILES string of the molecule is Cc1ccc(Cl)c(NC(=S)NC2CCCC2)c1Cl. The maximum atomic E-state index is 6.22. The molecule has 1 aromatic carbocycles. The summed E-state index contributed by atoms with van der Waals surface area (Å²) in [6.45, 7) is 1.94. The minimum atomic E-state index is 0.479. The lowest BCUT2D eigenvalue weighted by Crippen LogP contribution is -2.36. The second-order valence-corrected chi connectivity index (χ2v) is 5.83. The first-order valence-electron chi connectivity index (χ1n) is 6.10. The molecule has 5 heteroatoms. The molecule has 0 radical (unpaired) electrons. The van der Waals surface area contributed by atoms with E-state index in [1.165, 1.54) is 25.7 Å². The highest BCUT2D eigenvalue weighted by Gasteiger charge is 2.16. The average Bonchev–Trinajstić information content (AvgIpc) is 2.82. The molecule has 0 spiro atoms. The highest BCUT2D eigenvalue weighted by atomic mass is 35.5. The van der Waals surface area contributed by atoms with Gasteiger partial charge in [-0.3, -0.25) is 0 Å². The molecule has 2 rings (SSSR count). The van der Waals surface area contributed by atoms with E-state index in [2.05, 4.69) is 10.6 Å². The second-order valence-electron chi connectivity index (χ2n) is 4.63. The van der Waals surface area contributed by atoms with Gasteiger partial charge in [-0.2, -0.15) is 0 Å². The fourth-order valence-electron chi connectivity index (χ4n) is 2.18. The normalized spacial score (nSPS) is 15.7. The van der Waals surface area contributed by atoms with Gasteiger partial charge < -0.3 is 10.6 Å². The molecule has 0 bridgehead atoms. The molecule has 0 amide bonds. The summed E-state index contributed by atoms with van der Waals surface area (Å²) in [5, 5.41) is 8.21. The Morgan fingerprint density at radius 3 is 2.61 bits per heavy atom. The van der Waals surface area contributed by atoms with Gasteiger partial charge in [-0.1, -0.05) is 42.1 Å². The summed E-state index contributed by atoms with van der Waals surface area (Å²) in [5.74, 6) is 0. The lowest BCUT2D eigenvalue weighted by atomic mass is 10.2. The van der Waals surface area contributed by atoms with Gasteiger partial charge >= 0.3 is 0 Å². The standard InChI is InChI=1S/C13H16Cl2N2S/c1-8-6-7-10(14)12(11(8)15)17-13(18)16-9-4-2-3-5-9/h6-7,9H,2-5H2,1H3,(H2,16,17,18). The zero-order chi connectivity index (χ0) is 13.1. The largest absolute Gasteiger partial charge is 0.360 e. The van der Waals surface area contributed by atoms with E-state index < -0.39 is 0 Å². The van der Waals surface area contributed by atoms with Crippen LogP contribution < -0.4 is 10.6 Å². The molecule has 0 aliphatic heterocycles. The molecule has 1 aliphatic rings. The molecule has 0 heterocycles. The number of halogens is 2. The Bertz CT molecular complexity index is 457. The Balaban J connectivity index is 2.04. The van der Waals surface area contributed by atoms with Gasteiger partial charge in [0.05, 0.1) is 15.7 Å². The zero-order valence-corrected chi connectivity index (χ0v) is 12.6. The van der Waals surface area contributed by atoms with E-state index >= 15 is 0 Å². The first kappa shape index (κ1) is 13.9. The smallest absolute Gasteiger partial charge is 0.171 e. The summed E-state index contributed by atoms with van der Waals surface area (Å²) in [6, 6.07) is 4.19. The second kappa shape index (κ2) is 6.09. The van der Waals surface area contributed by atoms with Crippen molar-refractivity contribution in [3.8, 4) is 0 Å². The Morgan fingerprint density at radius 1 is 1.28 bits per heavy atom. The number of nitrogens with one attached hydrogen (secondary N) is 2. The predicted molar refractivity (Wildman–Crippen MR) is 82.8 cm³/mol. The van der Waals surface area contributed by atoms with E-state index in [-0.39, 0.29) is 0 Å². The molecule has 98 valence electrons. The summed E-state index contributed by atoms with van der Waals surface area (Å²) in [7, 11) is 0. The molecule has 1 aromatic rings. The third-order valence-corrected chi connectivity index (χ3v) is 4.24. The van der Waals surface area contributed by atoms with Gasteiger partial charge in [-0.05, 0) is 43.6 Å². The van der Waals surface area contributed by atoms with Crippen LogP contribution in [0.2, 0.25) is 10.0 Å². The van der Waals surface area contributed by atoms with E-state index in [1.54, 1.807) is 0 Å². The number of thiocarbonyl (C=S) groups is 1. The van der Waals surface area contributed by atoms with Crippen LogP contribution in [-0.4, -0.2) is 11.2 Å². The number of hydrogen-bond donors (Lipinski definition) is 2. The molecule has 2 N–H and O–H groups in total. The van der Waals surface area contributed by atoms with Crippen LogP contribution >= 0.6 is 35.4 Å². The van der Waals surface area contributed by atoms with Crippen molar-refractivity contribution < 1.29 is 0 Å².